The van der Waals surface area contributed by atoms with Gasteiger partial charge in [0.05, 0.1) is 10.8 Å². The second-order valence-corrected chi connectivity index (χ2v) is 8.81. The first kappa shape index (κ1) is 22.7. The Labute approximate surface area is 186 Å². The van der Waals surface area contributed by atoms with Gasteiger partial charge in [-0.1, -0.05) is 56.0 Å². The molecular weight excluding hydrogens is 411 g/mol. The highest BCUT2D eigenvalue weighted by Crippen LogP contribution is 2.32. The summed E-state index contributed by atoms with van der Waals surface area (Å²) in [5, 5.41) is 11.7. The van der Waals surface area contributed by atoms with Gasteiger partial charge in [0.2, 0.25) is 5.91 Å². The second kappa shape index (κ2) is 9.92. The van der Waals surface area contributed by atoms with Gasteiger partial charge in [0.1, 0.15) is 5.82 Å². The van der Waals surface area contributed by atoms with Gasteiger partial charge in [-0.15, -0.1) is 16.8 Å². The number of nitrogens with one attached hydrogen (secondary N) is 1. The molecule has 1 unspecified atom stereocenters. The predicted octanol–water partition coefficient (Wildman–Crippen LogP) is 5.64. The lowest BCUT2D eigenvalue weighted by atomic mass is 10.1. The van der Waals surface area contributed by atoms with Gasteiger partial charge >= 0.3 is 0 Å². The smallest absolute Gasteiger partial charge is 0.238 e. The normalized spacial score (nSPS) is 12.1. The van der Waals surface area contributed by atoms with Gasteiger partial charge < -0.3 is 5.32 Å². The van der Waals surface area contributed by atoms with E-state index in [1.54, 1.807) is 28.8 Å². The summed E-state index contributed by atoms with van der Waals surface area (Å²) in [6, 6.07) is 12.3. The van der Waals surface area contributed by atoms with E-state index in [1.165, 1.54) is 17.8 Å². The quantitative estimate of drug-likeness (QED) is 0.365. The molecule has 7 heteroatoms. The SMILES string of the molecule is C=CCn1c(SC(C(=O)Nc2cccc(C)c2C)C(C)C)nnc1-c1ccccc1F. The molecule has 1 atom stereocenters. The third-order valence-electron chi connectivity index (χ3n) is 5.10. The lowest BCUT2D eigenvalue weighted by Gasteiger charge is -2.21. The zero-order chi connectivity index (χ0) is 22.5. The topological polar surface area (TPSA) is 59.8 Å². The van der Waals surface area contributed by atoms with Crippen LogP contribution in [0.4, 0.5) is 10.1 Å². The van der Waals surface area contributed by atoms with Gasteiger partial charge in [-0.2, -0.15) is 0 Å². The average Bonchev–Trinajstić information content (AvgIpc) is 3.12. The monoisotopic (exact) mass is 438 g/mol. The summed E-state index contributed by atoms with van der Waals surface area (Å²) >= 11 is 1.33. The van der Waals surface area contributed by atoms with E-state index >= 15 is 0 Å². The summed E-state index contributed by atoms with van der Waals surface area (Å²) in [4.78, 5) is 13.2. The van der Waals surface area contributed by atoms with Crippen molar-refractivity contribution in [2.75, 3.05) is 5.32 Å². The van der Waals surface area contributed by atoms with Crippen LogP contribution in [0.25, 0.3) is 11.4 Å². The molecule has 1 aromatic heterocycles. The van der Waals surface area contributed by atoms with Crippen molar-refractivity contribution in [3.05, 3.63) is 72.1 Å². The number of nitrogens with zero attached hydrogens (tertiary/aromatic N) is 3. The Balaban J connectivity index is 1.91. The van der Waals surface area contributed by atoms with Crippen LogP contribution in [0.5, 0.6) is 0 Å². The number of rotatable bonds is 8. The maximum absolute atomic E-state index is 14.4. The van der Waals surface area contributed by atoms with Crippen molar-refractivity contribution in [3.8, 4) is 11.4 Å². The molecule has 2 aromatic carbocycles. The number of hydrogen-bond donors (Lipinski definition) is 1. The van der Waals surface area contributed by atoms with Gasteiger partial charge in [-0.25, -0.2) is 4.39 Å². The Kier molecular flexibility index (Phi) is 7.28. The van der Waals surface area contributed by atoms with E-state index in [-0.39, 0.29) is 17.6 Å². The first-order valence-electron chi connectivity index (χ1n) is 10.2. The minimum absolute atomic E-state index is 0.0425. The molecule has 1 N–H and O–H groups in total. The molecule has 162 valence electrons. The minimum Gasteiger partial charge on any atom is -0.325 e. The molecular formula is C24H27FN4OS. The number of carbonyl (C=O) groups is 1. The summed E-state index contributed by atoms with van der Waals surface area (Å²) in [6.45, 7) is 12.2. The third kappa shape index (κ3) is 5.05. The van der Waals surface area contributed by atoms with Crippen LogP contribution in [0.1, 0.15) is 25.0 Å². The van der Waals surface area contributed by atoms with Crippen molar-refractivity contribution < 1.29 is 9.18 Å². The van der Waals surface area contributed by atoms with Gasteiger partial charge in [0, 0.05) is 12.2 Å². The molecule has 1 amide bonds. The lowest BCUT2D eigenvalue weighted by molar-refractivity contribution is -0.116. The fourth-order valence-electron chi connectivity index (χ4n) is 3.21. The van der Waals surface area contributed by atoms with E-state index in [0.717, 1.165) is 16.8 Å². The molecule has 0 aliphatic heterocycles. The van der Waals surface area contributed by atoms with Crippen LogP contribution < -0.4 is 5.32 Å². The van der Waals surface area contributed by atoms with Crippen LogP contribution in [0, 0.1) is 25.6 Å². The van der Waals surface area contributed by atoms with Gasteiger partial charge in [-0.3, -0.25) is 9.36 Å². The van der Waals surface area contributed by atoms with Crippen molar-refractivity contribution in [3.63, 3.8) is 0 Å². The first-order chi connectivity index (χ1) is 14.8. The van der Waals surface area contributed by atoms with Crippen LogP contribution in [0.15, 0.2) is 60.3 Å². The van der Waals surface area contributed by atoms with Crippen molar-refractivity contribution in [2.45, 2.75) is 44.6 Å². The molecule has 0 fully saturated rings. The summed E-state index contributed by atoms with van der Waals surface area (Å²) in [6.07, 6.45) is 1.71. The van der Waals surface area contributed by atoms with Crippen LogP contribution >= 0.6 is 11.8 Å². The van der Waals surface area contributed by atoms with E-state index < -0.39 is 5.25 Å². The fraction of sp³-hybridized carbons (Fsp3) is 0.292. The average molecular weight is 439 g/mol. The third-order valence-corrected chi connectivity index (χ3v) is 6.63. The zero-order valence-corrected chi connectivity index (χ0v) is 19.0. The lowest BCUT2D eigenvalue weighted by Crippen LogP contribution is -2.30. The fourth-order valence-corrected chi connectivity index (χ4v) is 4.25. The number of thioether (sulfide) groups is 1. The van der Waals surface area contributed by atoms with Gasteiger partial charge in [0.25, 0.3) is 0 Å². The number of allylic oxidation sites excluding steroid dienone is 1. The number of amides is 1. The largest absolute Gasteiger partial charge is 0.325 e. The Morgan fingerprint density at radius 2 is 1.94 bits per heavy atom. The Morgan fingerprint density at radius 1 is 1.19 bits per heavy atom. The maximum atomic E-state index is 14.4. The number of aryl methyl sites for hydroxylation is 1. The number of anilines is 1. The zero-order valence-electron chi connectivity index (χ0n) is 18.2. The molecule has 0 spiro atoms. The van der Waals surface area contributed by atoms with Gasteiger partial charge in [0.15, 0.2) is 11.0 Å². The van der Waals surface area contributed by atoms with Crippen LogP contribution in [-0.4, -0.2) is 25.9 Å². The molecule has 0 aliphatic carbocycles. The van der Waals surface area contributed by atoms with E-state index in [4.69, 9.17) is 0 Å². The molecule has 3 aromatic rings. The molecule has 31 heavy (non-hydrogen) atoms. The summed E-state index contributed by atoms with van der Waals surface area (Å²) in [5.74, 6) is -0.0158. The predicted molar refractivity (Wildman–Crippen MR) is 125 cm³/mol. The number of benzene rings is 2. The van der Waals surface area contributed by atoms with Crippen molar-refractivity contribution in [1.29, 1.82) is 0 Å². The Hall–Kier alpha value is -2.93. The molecule has 3 rings (SSSR count). The summed E-state index contributed by atoms with van der Waals surface area (Å²) in [7, 11) is 0. The highest BCUT2D eigenvalue weighted by atomic mass is 32.2. The van der Waals surface area contributed by atoms with Crippen molar-refractivity contribution >= 4 is 23.4 Å². The number of aromatic nitrogens is 3. The van der Waals surface area contributed by atoms with Crippen LogP contribution in [0.2, 0.25) is 0 Å². The van der Waals surface area contributed by atoms with Crippen LogP contribution in [0.3, 0.4) is 0 Å². The van der Waals surface area contributed by atoms with Gasteiger partial charge in [-0.05, 0) is 49.1 Å². The molecule has 0 saturated carbocycles. The molecule has 0 bridgehead atoms. The van der Waals surface area contributed by atoms with Crippen molar-refractivity contribution in [1.82, 2.24) is 14.8 Å². The molecule has 0 aliphatic rings. The standard InChI is InChI=1S/C24H27FN4OS/c1-6-14-29-22(18-11-7-8-12-19(18)25)27-28-24(29)31-21(15(2)3)23(30)26-20-13-9-10-16(4)17(20)5/h6-13,15,21H,1,14H2,2-5H3,(H,26,30). The Bertz CT molecular complexity index is 1090. The Morgan fingerprint density at radius 3 is 2.61 bits per heavy atom. The highest BCUT2D eigenvalue weighted by Gasteiger charge is 2.28. The molecule has 5 nitrogen and oxygen atoms in total. The number of halogens is 1. The van der Waals surface area contributed by atoms with Crippen LogP contribution in [-0.2, 0) is 11.3 Å². The van der Waals surface area contributed by atoms with E-state index in [2.05, 4.69) is 22.1 Å². The molecule has 0 radical (unpaired) electrons. The summed E-state index contributed by atoms with van der Waals surface area (Å²) in [5.41, 5.74) is 3.33. The maximum Gasteiger partial charge on any atom is 0.238 e. The molecule has 0 saturated heterocycles. The highest BCUT2D eigenvalue weighted by molar-refractivity contribution is 8.00. The number of carbonyl (C=O) groups excluding carboxylic acids is 1. The van der Waals surface area contributed by atoms with E-state index in [1.807, 2.05) is 45.9 Å². The first-order valence-corrected chi connectivity index (χ1v) is 11.0. The summed E-state index contributed by atoms with van der Waals surface area (Å²) < 4.78 is 16.1. The number of hydrogen-bond acceptors (Lipinski definition) is 4. The molecule has 1 heterocycles. The van der Waals surface area contributed by atoms with E-state index in [0.29, 0.717) is 23.1 Å². The minimum atomic E-state index is -0.402. The second-order valence-electron chi connectivity index (χ2n) is 7.70. The van der Waals surface area contributed by atoms with Crippen molar-refractivity contribution in [2.24, 2.45) is 5.92 Å². The van der Waals surface area contributed by atoms with E-state index in [9.17, 15) is 9.18 Å².